The second-order valence-corrected chi connectivity index (χ2v) is 7.89. The Balaban J connectivity index is 1.61. The van der Waals surface area contributed by atoms with E-state index in [-0.39, 0.29) is 18.4 Å². The minimum absolute atomic E-state index is 0.0331. The van der Waals surface area contributed by atoms with Crippen molar-refractivity contribution in [1.82, 2.24) is 5.32 Å². The fourth-order valence-corrected chi connectivity index (χ4v) is 3.96. The molecule has 1 aliphatic rings. The van der Waals surface area contributed by atoms with Crippen molar-refractivity contribution in [1.29, 1.82) is 0 Å². The SMILES string of the molecule is O=C(O)CC[C@@H](CC1CCCCC1)NC(=O)CCOCCCc1ccccc1. The Morgan fingerprint density at radius 1 is 1.07 bits per heavy atom. The average Bonchev–Trinajstić information content (AvgIpc) is 2.70. The number of carboxylic acid groups (broad SMARTS) is 1. The highest BCUT2D eigenvalue weighted by Gasteiger charge is 2.21. The molecule has 2 rings (SSSR count). The Morgan fingerprint density at radius 2 is 1.82 bits per heavy atom. The zero-order chi connectivity index (χ0) is 20.0. The van der Waals surface area contributed by atoms with Crippen LogP contribution >= 0.6 is 0 Å². The Bertz CT molecular complexity index is 569. The molecule has 1 aliphatic carbocycles. The lowest BCUT2D eigenvalue weighted by atomic mass is 9.84. The number of benzene rings is 1. The van der Waals surface area contributed by atoms with E-state index in [9.17, 15) is 9.59 Å². The highest BCUT2D eigenvalue weighted by atomic mass is 16.5. The summed E-state index contributed by atoms with van der Waals surface area (Å²) in [4.78, 5) is 23.2. The van der Waals surface area contributed by atoms with Gasteiger partial charge >= 0.3 is 5.97 Å². The van der Waals surface area contributed by atoms with Crippen molar-refractivity contribution in [2.75, 3.05) is 13.2 Å². The quantitative estimate of drug-likeness (QED) is 0.492. The van der Waals surface area contributed by atoms with E-state index in [2.05, 4.69) is 17.4 Å². The first-order valence-corrected chi connectivity index (χ1v) is 10.8. The predicted octanol–water partition coefficient (Wildman–Crippen LogP) is 4.35. The molecule has 0 heterocycles. The lowest BCUT2D eigenvalue weighted by Crippen LogP contribution is -2.37. The maximum absolute atomic E-state index is 12.3. The van der Waals surface area contributed by atoms with E-state index >= 15 is 0 Å². The lowest BCUT2D eigenvalue weighted by Gasteiger charge is -2.27. The van der Waals surface area contributed by atoms with Gasteiger partial charge in [0.2, 0.25) is 5.91 Å². The van der Waals surface area contributed by atoms with Crippen LogP contribution in [0.15, 0.2) is 30.3 Å². The summed E-state index contributed by atoms with van der Waals surface area (Å²) in [5.74, 6) is -0.221. The van der Waals surface area contributed by atoms with Gasteiger partial charge in [0.15, 0.2) is 0 Å². The van der Waals surface area contributed by atoms with Gasteiger partial charge in [0.1, 0.15) is 0 Å². The van der Waals surface area contributed by atoms with Gasteiger partial charge < -0.3 is 15.2 Å². The summed E-state index contributed by atoms with van der Waals surface area (Å²) in [6.07, 6.45) is 9.96. The molecule has 0 bridgehead atoms. The van der Waals surface area contributed by atoms with Crippen molar-refractivity contribution in [2.45, 2.75) is 76.7 Å². The number of amides is 1. The van der Waals surface area contributed by atoms with Crippen molar-refractivity contribution in [3.8, 4) is 0 Å². The van der Waals surface area contributed by atoms with E-state index < -0.39 is 5.97 Å². The Morgan fingerprint density at radius 3 is 2.54 bits per heavy atom. The van der Waals surface area contributed by atoms with Crippen molar-refractivity contribution >= 4 is 11.9 Å². The Hall–Kier alpha value is -1.88. The van der Waals surface area contributed by atoms with Crippen molar-refractivity contribution < 1.29 is 19.4 Å². The topological polar surface area (TPSA) is 75.6 Å². The first kappa shape index (κ1) is 22.4. The zero-order valence-electron chi connectivity index (χ0n) is 16.9. The number of rotatable bonds is 13. The van der Waals surface area contributed by atoms with Crippen LogP contribution in [-0.4, -0.2) is 36.2 Å². The minimum Gasteiger partial charge on any atom is -0.481 e. The molecule has 0 spiro atoms. The van der Waals surface area contributed by atoms with E-state index in [0.717, 1.165) is 19.3 Å². The molecule has 0 aliphatic heterocycles. The number of carbonyl (C=O) groups is 2. The van der Waals surface area contributed by atoms with E-state index in [1.807, 2.05) is 18.2 Å². The van der Waals surface area contributed by atoms with Crippen LogP contribution < -0.4 is 5.32 Å². The molecule has 5 nitrogen and oxygen atoms in total. The highest BCUT2D eigenvalue weighted by Crippen LogP contribution is 2.28. The first-order chi connectivity index (χ1) is 13.6. The molecule has 0 unspecified atom stereocenters. The van der Waals surface area contributed by atoms with E-state index in [1.54, 1.807) is 0 Å². The molecule has 5 heteroatoms. The van der Waals surface area contributed by atoms with Crippen LogP contribution in [0.2, 0.25) is 0 Å². The van der Waals surface area contributed by atoms with Gasteiger partial charge in [0.05, 0.1) is 6.61 Å². The summed E-state index contributed by atoms with van der Waals surface area (Å²) in [6.45, 7) is 1.06. The van der Waals surface area contributed by atoms with E-state index in [1.165, 1.54) is 37.7 Å². The van der Waals surface area contributed by atoms with Gasteiger partial charge in [0, 0.05) is 25.5 Å². The molecular formula is C23H35NO4. The van der Waals surface area contributed by atoms with E-state index in [0.29, 0.717) is 32.0 Å². The number of aryl methyl sites for hydroxylation is 1. The third-order valence-corrected chi connectivity index (χ3v) is 5.48. The fraction of sp³-hybridized carbons (Fsp3) is 0.652. The molecule has 0 aromatic heterocycles. The Kier molecular flexibility index (Phi) is 10.7. The van der Waals surface area contributed by atoms with Gasteiger partial charge in [0.25, 0.3) is 0 Å². The normalized spacial score (nSPS) is 15.9. The maximum atomic E-state index is 12.3. The number of aliphatic carboxylic acids is 1. The molecule has 1 aromatic rings. The first-order valence-electron chi connectivity index (χ1n) is 10.8. The van der Waals surface area contributed by atoms with Crippen LogP contribution in [0.25, 0.3) is 0 Å². The van der Waals surface area contributed by atoms with Gasteiger partial charge in [-0.2, -0.15) is 0 Å². The third kappa shape index (κ3) is 9.88. The minimum atomic E-state index is -0.801. The number of nitrogens with one attached hydrogen (secondary N) is 1. The monoisotopic (exact) mass is 389 g/mol. The molecule has 156 valence electrons. The smallest absolute Gasteiger partial charge is 0.303 e. The molecule has 28 heavy (non-hydrogen) atoms. The van der Waals surface area contributed by atoms with Crippen LogP contribution in [0.5, 0.6) is 0 Å². The molecular weight excluding hydrogens is 354 g/mol. The number of hydrogen-bond acceptors (Lipinski definition) is 3. The van der Waals surface area contributed by atoms with Crippen LogP contribution in [0, 0.1) is 5.92 Å². The highest BCUT2D eigenvalue weighted by molar-refractivity contribution is 5.76. The molecule has 2 N–H and O–H groups in total. The molecule has 0 saturated heterocycles. The summed E-state index contributed by atoms with van der Waals surface area (Å²) < 4.78 is 5.60. The van der Waals surface area contributed by atoms with Gasteiger partial charge in [-0.3, -0.25) is 9.59 Å². The van der Waals surface area contributed by atoms with Gasteiger partial charge in [-0.25, -0.2) is 0 Å². The molecule has 1 amide bonds. The predicted molar refractivity (Wildman–Crippen MR) is 110 cm³/mol. The molecule has 1 aromatic carbocycles. The number of ether oxygens (including phenoxy) is 1. The third-order valence-electron chi connectivity index (χ3n) is 5.48. The van der Waals surface area contributed by atoms with Gasteiger partial charge in [-0.15, -0.1) is 0 Å². The van der Waals surface area contributed by atoms with Crippen LogP contribution in [0.1, 0.15) is 69.8 Å². The molecule has 1 saturated carbocycles. The Labute approximate surface area is 168 Å². The van der Waals surface area contributed by atoms with Crippen LogP contribution in [0.4, 0.5) is 0 Å². The van der Waals surface area contributed by atoms with E-state index in [4.69, 9.17) is 9.84 Å². The standard InChI is InChI=1S/C23H35NO4/c25-22(15-17-28-16-7-12-19-8-3-1-4-9-19)24-21(13-14-23(26)27)18-20-10-5-2-6-11-20/h1,3-4,8-9,20-21H,2,5-7,10-18H2,(H,24,25)(H,26,27)/t21-/m0/s1. The summed E-state index contributed by atoms with van der Waals surface area (Å²) in [5, 5.41) is 12.0. The number of hydrogen-bond donors (Lipinski definition) is 2. The van der Waals surface area contributed by atoms with Crippen molar-refractivity contribution in [3.63, 3.8) is 0 Å². The van der Waals surface area contributed by atoms with Crippen molar-refractivity contribution in [3.05, 3.63) is 35.9 Å². The summed E-state index contributed by atoms with van der Waals surface area (Å²) in [6, 6.07) is 10.3. The maximum Gasteiger partial charge on any atom is 0.303 e. The number of carboxylic acids is 1. The number of carbonyl (C=O) groups excluding carboxylic acids is 1. The average molecular weight is 390 g/mol. The molecule has 1 atom stereocenters. The zero-order valence-corrected chi connectivity index (χ0v) is 16.9. The summed E-state index contributed by atoms with van der Waals surface area (Å²) in [5.41, 5.74) is 1.30. The summed E-state index contributed by atoms with van der Waals surface area (Å²) >= 11 is 0. The van der Waals surface area contributed by atoms with Crippen molar-refractivity contribution in [2.24, 2.45) is 5.92 Å². The molecule has 0 radical (unpaired) electrons. The lowest BCUT2D eigenvalue weighted by molar-refractivity contribution is -0.137. The largest absolute Gasteiger partial charge is 0.481 e. The second kappa shape index (κ2) is 13.3. The fourth-order valence-electron chi connectivity index (χ4n) is 3.96. The second-order valence-electron chi connectivity index (χ2n) is 7.89. The summed E-state index contributed by atoms with van der Waals surface area (Å²) in [7, 11) is 0. The molecule has 1 fully saturated rings. The van der Waals surface area contributed by atoms with Crippen LogP contribution in [0.3, 0.4) is 0 Å². The van der Waals surface area contributed by atoms with Gasteiger partial charge in [-0.1, -0.05) is 62.4 Å². The van der Waals surface area contributed by atoms with Gasteiger partial charge in [-0.05, 0) is 37.2 Å². The van der Waals surface area contributed by atoms with Crippen LogP contribution in [-0.2, 0) is 20.7 Å².